The summed E-state index contributed by atoms with van der Waals surface area (Å²) in [7, 11) is -1.54. The molecule has 0 radical (unpaired) electrons. The molecule has 0 atom stereocenters. The lowest BCUT2D eigenvalue weighted by molar-refractivity contribution is -0.221. The normalized spacial score (nSPS) is 11.4. The van der Waals surface area contributed by atoms with E-state index in [1.54, 1.807) is 20.8 Å². The fraction of sp³-hybridized carbons (Fsp3) is 0.500. The topological polar surface area (TPSA) is 103 Å². The molecule has 1 rings (SSSR count). The molecule has 0 bridgehead atoms. The Morgan fingerprint density at radius 2 is 2.00 bits per heavy atom. The lowest BCUT2D eigenvalue weighted by Crippen LogP contribution is -2.44. The molecule has 0 saturated carbocycles. The standard InChI is InChI=1S/C8H13BN2O6/c1-8(2,3)15-7(12)11-6(4-5-10-11)9(16-13)17-14/h4-5,13-14H,1-3H3. The maximum atomic E-state index is 11.7. The van der Waals surface area contributed by atoms with Crippen LogP contribution in [0.1, 0.15) is 20.8 Å². The first-order valence-electron chi connectivity index (χ1n) is 4.77. The SMILES string of the molecule is CC(C)(C)OC(=O)n1nccc1B(OO)OO. The molecule has 1 heterocycles. The van der Waals surface area contributed by atoms with Gasteiger partial charge in [0.2, 0.25) is 0 Å². The van der Waals surface area contributed by atoms with Gasteiger partial charge in [-0.3, -0.25) is 20.1 Å². The van der Waals surface area contributed by atoms with E-state index in [4.69, 9.17) is 15.3 Å². The highest BCUT2D eigenvalue weighted by Crippen LogP contribution is 2.08. The van der Waals surface area contributed by atoms with Crippen molar-refractivity contribution in [3.8, 4) is 0 Å². The van der Waals surface area contributed by atoms with Crippen LogP contribution in [0.25, 0.3) is 0 Å². The molecule has 0 saturated heterocycles. The molecule has 0 unspecified atom stereocenters. The Hall–Kier alpha value is -1.42. The van der Waals surface area contributed by atoms with Gasteiger partial charge in [-0.15, -0.1) is 0 Å². The Morgan fingerprint density at radius 1 is 1.41 bits per heavy atom. The number of carbonyl (C=O) groups is 1. The van der Waals surface area contributed by atoms with E-state index in [1.165, 1.54) is 12.3 Å². The number of hydrogen-bond acceptors (Lipinski definition) is 7. The van der Waals surface area contributed by atoms with Gasteiger partial charge in [-0.2, -0.15) is 9.78 Å². The number of nitrogens with zero attached hydrogens (tertiary/aromatic N) is 2. The maximum Gasteiger partial charge on any atom is 0.572 e. The monoisotopic (exact) mass is 244 g/mol. The largest absolute Gasteiger partial charge is 0.572 e. The van der Waals surface area contributed by atoms with Crippen LogP contribution in [-0.4, -0.2) is 39.1 Å². The second-order valence-corrected chi connectivity index (χ2v) is 4.19. The number of ether oxygens (including phenoxy) is 1. The van der Waals surface area contributed by atoms with E-state index < -0.39 is 18.8 Å². The fourth-order valence-corrected chi connectivity index (χ4v) is 1.08. The number of rotatable bonds is 3. The smallest absolute Gasteiger partial charge is 0.442 e. The van der Waals surface area contributed by atoms with Gasteiger partial charge in [0.25, 0.3) is 0 Å². The molecule has 94 valence electrons. The second kappa shape index (κ2) is 5.28. The molecule has 9 heteroatoms. The van der Waals surface area contributed by atoms with Crippen LogP contribution in [0.3, 0.4) is 0 Å². The van der Waals surface area contributed by atoms with Gasteiger partial charge in [-0.25, -0.2) is 4.79 Å². The lowest BCUT2D eigenvalue weighted by Gasteiger charge is -2.19. The van der Waals surface area contributed by atoms with E-state index in [0.717, 1.165) is 4.68 Å². The Kier molecular flexibility index (Phi) is 4.24. The molecule has 0 amide bonds. The maximum absolute atomic E-state index is 11.7. The van der Waals surface area contributed by atoms with Crippen molar-refractivity contribution >= 4 is 18.8 Å². The van der Waals surface area contributed by atoms with Gasteiger partial charge in [0.05, 0.1) is 5.59 Å². The van der Waals surface area contributed by atoms with Crippen molar-refractivity contribution in [2.45, 2.75) is 26.4 Å². The average Bonchev–Trinajstić information content (AvgIpc) is 2.66. The molecular formula is C8H13BN2O6. The predicted octanol–water partition coefficient (Wildman–Crippen LogP) is 0.341. The highest BCUT2D eigenvalue weighted by Gasteiger charge is 2.30. The zero-order chi connectivity index (χ0) is 13.1. The van der Waals surface area contributed by atoms with E-state index >= 15 is 0 Å². The zero-order valence-corrected chi connectivity index (χ0v) is 9.65. The number of hydrogen-bond donors (Lipinski definition) is 2. The number of carbonyl (C=O) groups excluding carboxylic acids is 1. The second-order valence-electron chi connectivity index (χ2n) is 4.19. The molecule has 0 spiro atoms. The summed E-state index contributed by atoms with van der Waals surface area (Å²) < 4.78 is 5.86. The van der Waals surface area contributed by atoms with E-state index in [2.05, 4.69) is 14.7 Å². The van der Waals surface area contributed by atoms with E-state index in [0.29, 0.717) is 0 Å². The highest BCUT2D eigenvalue weighted by atomic mass is 17.2. The summed E-state index contributed by atoms with van der Waals surface area (Å²) in [5, 5.41) is 20.6. The molecule has 0 aliphatic rings. The molecule has 0 fully saturated rings. The molecule has 8 nitrogen and oxygen atoms in total. The van der Waals surface area contributed by atoms with Crippen molar-refractivity contribution in [1.82, 2.24) is 9.78 Å². The van der Waals surface area contributed by atoms with Gasteiger partial charge in [-0.1, -0.05) is 0 Å². The average molecular weight is 244 g/mol. The third-order valence-electron chi connectivity index (χ3n) is 1.67. The first kappa shape index (κ1) is 13.6. The van der Waals surface area contributed by atoms with Crippen LogP contribution in [0.4, 0.5) is 4.79 Å². The van der Waals surface area contributed by atoms with Crippen LogP contribution in [0.15, 0.2) is 12.3 Å². The molecule has 0 aliphatic carbocycles. The minimum Gasteiger partial charge on any atom is -0.442 e. The van der Waals surface area contributed by atoms with Crippen molar-refractivity contribution in [1.29, 1.82) is 0 Å². The van der Waals surface area contributed by atoms with Crippen molar-refractivity contribution in [2.24, 2.45) is 0 Å². The molecule has 1 aromatic rings. The zero-order valence-electron chi connectivity index (χ0n) is 9.65. The van der Waals surface area contributed by atoms with Gasteiger partial charge >= 0.3 is 13.2 Å². The van der Waals surface area contributed by atoms with Gasteiger partial charge < -0.3 is 4.74 Å². The summed E-state index contributed by atoms with van der Waals surface area (Å²) in [6, 6.07) is 1.32. The third kappa shape index (κ3) is 3.53. The van der Waals surface area contributed by atoms with Crippen molar-refractivity contribution in [3.63, 3.8) is 0 Å². The first-order chi connectivity index (χ1) is 7.89. The van der Waals surface area contributed by atoms with Crippen molar-refractivity contribution < 1.29 is 29.7 Å². The Morgan fingerprint density at radius 3 is 2.47 bits per heavy atom. The van der Waals surface area contributed by atoms with Gasteiger partial charge in [0.1, 0.15) is 5.60 Å². The van der Waals surface area contributed by atoms with Crippen molar-refractivity contribution in [2.75, 3.05) is 0 Å². The van der Waals surface area contributed by atoms with Gasteiger partial charge in [0, 0.05) is 6.20 Å². The van der Waals surface area contributed by atoms with E-state index in [-0.39, 0.29) is 5.59 Å². The van der Waals surface area contributed by atoms with Crippen LogP contribution in [0.2, 0.25) is 0 Å². The Labute approximate surface area is 97.7 Å². The summed E-state index contributed by atoms with van der Waals surface area (Å²) in [4.78, 5) is 19.3. The van der Waals surface area contributed by atoms with Crippen LogP contribution < -0.4 is 5.59 Å². The van der Waals surface area contributed by atoms with Crippen LogP contribution in [0, 0.1) is 0 Å². The summed E-state index contributed by atoms with van der Waals surface area (Å²) in [6.07, 6.45) is 0.487. The molecular weight excluding hydrogens is 231 g/mol. The first-order valence-corrected chi connectivity index (χ1v) is 4.77. The molecule has 0 aromatic carbocycles. The fourth-order valence-electron chi connectivity index (χ4n) is 1.08. The van der Waals surface area contributed by atoms with Crippen LogP contribution in [0.5, 0.6) is 0 Å². The quantitative estimate of drug-likeness (QED) is 0.448. The molecule has 2 N–H and O–H groups in total. The lowest BCUT2D eigenvalue weighted by atomic mass is 9.86. The Bertz CT molecular complexity index is 384. The predicted molar refractivity (Wildman–Crippen MR) is 56.7 cm³/mol. The number of aromatic nitrogens is 2. The molecule has 17 heavy (non-hydrogen) atoms. The summed E-state index contributed by atoms with van der Waals surface area (Å²) in [6.45, 7) is 5.07. The minimum absolute atomic E-state index is 0.00995. The molecule has 0 aliphatic heterocycles. The summed E-state index contributed by atoms with van der Waals surface area (Å²) in [5.41, 5.74) is -0.708. The van der Waals surface area contributed by atoms with E-state index in [1.807, 2.05) is 0 Å². The van der Waals surface area contributed by atoms with Gasteiger partial charge in [0.15, 0.2) is 0 Å². The van der Waals surface area contributed by atoms with Crippen LogP contribution in [-0.2, 0) is 14.3 Å². The summed E-state index contributed by atoms with van der Waals surface area (Å²) >= 11 is 0. The van der Waals surface area contributed by atoms with E-state index in [9.17, 15) is 4.79 Å². The van der Waals surface area contributed by atoms with Gasteiger partial charge in [-0.05, 0) is 26.8 Å². The highest BCUT2D eigenvalue weighted by molar-refractivity contribution is 6.60. The summed E-state index contributed by atoms with van der Waals surface area (Å²) in [5.74, 6) is 0. The Balaban J connectivity index is 2.92. The minimum atomic E-state index is -1.54. The van der Waals surface area contributed by atoms with Crippen molar-refractivity contribution in [3.05, 3.63) is 12.3 Å². The van der Waals surface area contributed by atoms with Crippen LogP contribution >= 0.6 is 0 Å². The third-order valence-corrected chi connectivity index (χ3v) is 1.67. The molecule has 1 aromatic heterocycles.